The maximum absolute atomic E-state index is 4.45. The molecule has 0 radical (unpaired) electrons. The van der Waals surface area contributed by atoms with Crippen LogP contribution in [0.3, 0.4) is 0 Å². The van der Waals surface area contributed by atoms with Gasteiger partial charge < -0.3 is 5.32 Å². The lowest BCUT2D eigenvalue weighted by atomic mass is 9.77. The largest absolute Gasteiger partial charge is 0.310 e. The van der Waals surface area contributed by atoms with Crippen LogP contribution >= 0.6 is 0 Å². The molecule has 2 aromatic rings. The second-order valence-electron chi connectivity index (χ2n) is 7.06. The van der Waals surface area contributed by atoms with Crippen LogP contribution in [0.1, 0.15) is 52.6 Å². The third kappa shape index (κ3) is 3.82. The molecule has 0 bridgehead atoms. The van der Waals surface area contributed by atoms with Gasteiger partial charge in [0.15, 0.2) is 0 Å². The van der Waals surface area contributed by atoms with E-state index < -0.39 is 0 Å². The molecule has 2 atom stereocenters. The van der Waals surface area contributed by atoms with Crippen LogP contribution in [0, 0.1) is 11.3 Å². The van der Waals surface area contributed by atoms with Gasteiger partial charge in [-0.3, -0.25) is 4.98 Å². The predicted octanol–water partition coefficient (Wildman–Crippen LogP) is 4.96. The summed E-state index contributed by atoms with van der Waals surface area (Å²) in [6.07, 6.45) is 5.12. The Morgan fingerprint density at radius 2 is 1.86 bits per heavy atom. The molecule has 114 valence electrons. The maximum Gasteiger partial charge on any atom is 0.0346 e. The molecular weight excluding hydrogens is 256 g/mol. The highest BCUT2D eigenvalue weighted by molar-refractivity contribution is 5.85. The molecule has 1 aromatic heterocycles. The quantitative estimate of drug-likeness (QED) is 0.839. The first-order chi connectivity index (χ1) is 9.93. The topological polar surface area (TPSA) is 24.9 Å². The van der Waals surface area contributed by atoms with Crippen molar-refractivity contribution >= 4 is 10.8 Å². The number of aromatic nitrogens is 1. The van der Waals surface area contributed by atoms with Crippen molar-refractivity contribution < 1.29 is 0 Å². The fraction of sp³-hybridized carbons (Fsp3) is 0.526. The molecule has 0 fully saturated rings. The minimum Gasteiger partial charge on any atom is -0.310 e. The van der Waals surface area contributed by atoms with E-state index in [2.05, 4.69) is 69.2 Å². The molecule has 2 heteroatoms. The van der Waals surface area contributed by atoms with Crippen LogP contribution in [0.2, 0.25) is 0 Å². The third-order valence-corrected chi connectivity index (χ3v) is 4.59. The summed E-state index contributed by atoms with van der Waals surface area (Å²) in [5.74, 6) is 0.639. The van der Waals surface area contributed by atoms with Crippen molar-refractivity contribution in [3.05, 3.63) is 42.2 Å². The van der Waals surface area contributed by atoms with Gasteiger partial charge in [0.2, 0.25) is 0 Å². The lowest BCUT2D eigenvalue weighted by molar-refractivity contribution is 0.224. The zero-order valence-corrected chi connectivity index (χ0v) is 14.0. The average molecular weight is 284 g/mol. The molecule has 0 saturated heterocycles. The molecule has 0 aliphatic rings. The maximum atomic E-state index is 4.45. The third-order valence-electron chi connectivity index (χ3n) is 4.59. The van der Waals surface area contributed by atoms with Crippen molar-refractivity contribution in [3.8, 4) is 0 Å². The Labute approximate surface area is 129 Å². The van der Waals surface area contributed by atoms with E-state index in [4.69, 9.17) is 0 Å². The highest BCUT2D eigenvalue weighted by Gasteiger charge is 2.25. The van der Waals surface area contributed by atoms with E-state index in [1.807, 2.05) is 12.4 Å². The number of benzene rings is 1. The van der Waals surface area contributed by atoms with Crippen LogP contribution in [-0.4, -0.2) is 11.5 Å². The Morgan fingerprint density at radius 1 is 1.14 bits per heavy atom. The lowest BCUT2D eigenvalue weighted by Crippen LogP contribution is -2.27. The van der Waals surface area contributed by atoms with Gasteiger partial charge in [0.05, 0.1) is 0 Å². The summed E-state index contributed by atoms with van der Waals surface area (Å²) in [5, 5.41) is 6.20. The highest BCUT2D eigenvalue weighted by atomic mass is 14.9. The van der Waals surface area contributed by atoms with E-state index in [1.165, 1.54) is 16.3 Å². The molecule has 0 aliphatic heterocycles. The van der Waals surface area contributed by atoms with Crippen LogP contribution < -0.4 is 5.32 Å². The van der Waals surface area contributed by atoms with Gasteiger partial charge in [-0.05, 0) is 35.2 Å². The molecule has 0 aliphatic carbocycles. The average Bonchev–Trinajstić information content (AvgIpc) is 2.45. The fourth-order valence-electron chi connectivity index (χ4n) is 2.69. The van der Waals surface area contributed by atoms with Crippen LogP contribution in [0.5, 0.6) is 0 Å². The number of rotatable bonds is 5. The smallest absolute Gasteiger partial charge is 0.0346 e. The minimum atomic E-state index is 0.325. The number of hydrogen-bond donors (Lipinski definition) is 1. The van der Waals surface area contributed by atoms with E-state index in [1.54, 1.807) is 0 Å². The number of fused-ring (bicyclic) bond motifs is 1. The summed E-state index contributed by atoms with van der Waals surface area (Å²) in [7, 11) is 0. The van der Waals surface area contributed by atoms with E-state index >= 15 is 0 Å². The molecule has 2 rings (SSSR count). The monoisotopic (exact) mass is 284 g/mol. The number of nitrogens with one attached hydrogen (secondary N) is 1. The van der Waals surface area contributed by atoms with Crippen LogP contribution in [0.25, 0.3) is 10.8 Å². The second-order valence-corrected chi connectivity index (χ2v) is 7.06. The lowest BCUT2D eigenvalue weighted by Gasteiger charge is -2.31. The highest BCUT2D eigenvalue weighted by Crippen LogP contribution is 2.35. The van der Waals surface area contributed by atoms with Gasteiger partial charge in [0, 0.05) is 23.8 Å². The van der Waals surface area contributed by atoms with E-state index in [9.17, 15) is 0 Å². The van der Waals surface area contributed by atoms with Gasteiger partial charge >= 0.3 is 0 Å². The summed E-state index contributed by atoms with van der Waals surface area (Å²) in [4.78, 5) is 4.45. The second kappa shape index (κ2) is 6.57. The first-order valence-corrected chi connectivity index (χ1v) is 7.99. The van der Waals surface area contributed by atoms with Crippen molar-refractivity contribution in [3.63, 3.8) is 0 Å². The predicted molar refractivity (Wildman–Crippen MR) is 91.4 cm³/mol. The van der Waals surface area contributed by atoms with Crippen LogP contribution in [0.4, 0.5) is 0 Å². The fourth-order valence-corrected chi connectivity index (χ4v) is 2.69. The molecule has 0 spiro atoms. The number of pyridine rings is 1. The minimum absolute atomic E-state index is 0.325. The molecule has 21 heavy (non-hydrogen) atoms. The van der Waals surface area contributed by atoms with E-state index in [0.29, 0.717) is 17.4 Å². The van der Waals surface area contributed by atoms with Crippen molar-refractivity contribution in [2.24, 2.45) is 11.3 Å². The Hall–Kier alpha value is -1.41. The van der Waals surface area contributed by atoms with Gasteiger partial charge in [-0.25, -0.2) is 0 Å². The summed E-state index contributed by atoms with van der Waals surface area (Å²) in [6, 6.07) is 8.90. The standard InChI is InChI=1S/C19H28N2/c1-6-21-18(11-14(2)19(3,4)5)17-13-20-12-15-9-7-8-10-16(15)17/h7-10,12-14,18,21H,6,11H2,1-5H3. The summed E-state index contributed by atoms with van der Waals surface area (Å²) >= 11 is 0. The van der Waals surface area contributed by atoms with Crippen molar-refractivity contribution in [1.29, 1.82) is 0 Å². The van der Waals surface area contributed by atoms with E-state index in [-0.39, 0.29) is 0 Å². The number of hydrogen-bond acceptors (Lipinski definition) is 2. The molecular formula is C19H28N2. The molecule has 1 N–H and O–H groups in total. The zero-order valence-electron chi connectivity index (χ0n) is 14.0. The number of nitrogens with zero attached hydrogens (tertiary/aromatic N) is 1. The molecule has 0 amide bonds. The summed E-state index contributed by atoms with van der Waals surface area (Å²) in [6.45, 7) is 12.5. The Kier molecular flexibility index (Phi) is 5.00. The Bertz CT molecular complexity index is 578. The van der Waals surface area contributed by atoms with Gasteiger partial charge in [-0.1, -0.05) is 58.9 Å². The zero-order chi connectivity index (χ0) is 15.5. The Morgan fingerprint density at radius 3 is 2.52 bits per heavy atom. The van der Waals surface area contributed by atoms with Crippen molar-refractivity contribution in [1.82, 2.24) is 10.3 Å². The Balaban J connectivity index is 2.36. The first-order valence-electron chi connectivity index (χ1n) is 7.99. The van der Waals surface area contributed by atoms with Crippen LogP contribution in [0.15, 0.2) is 36.7 Å². The summed E-state index contributed by atoms with van der Waals surface area (Å²) in [5.41, 5.74) is 1.65. The molecule has 1 heterocycles. The molecule has 1 aromatic carbocycles. The van der Waals surface area contributed by atoms with Crippen molar-refractivity contribution in [2.45, 2.75) is 47.1 Å². The van der Waals surface area contributed by atoms with Crippen LogP contribution in [-0.2, 0) is 0 Å². The molecule has 2 unspecified atom stereocenters. The molecule has 2 nitrogen and oxygen atoms in total. The van der Waals surface area contributed by atoms with Gasteiger partial charge in [-0.15, -0.1) is 0 Å². The van der Waals surface area contributed by atoms with E-state index in [0.717, 1.165) is 13.0 Å². The normalized spacial score (nSPS) is 15.1. The van der Waals surface area contributed by atoms with Gasteiger partial charge in [0.1, 0.15) is 0 Å². The summed E-state index contributed by atoms with van der Waals surface area (Å²) < 4.78 is 0. The van der Waals surface area contributed by atoms with Gasteiger partial charge in [0.25, 0.3) is 0 Å². The van der Waals surface area contributed by atoms with Gasteiger partial charge in [-0.2, -0.15) is 0 Å². The first kappa shape index (κ1) is 16.0. The van der Waals surface area contributed by atoms with Crippen molar-refractivity contribution in [2.75, 3.05) is 6.54 Å². The molecule has 0 saturated carbocycles. The SMILES string of the molecule is CCNC(CC(C)C(C)(C)C)c1cncc2ccccc12.